The van der Waals surface area contributed by atoms with Gasteiger partial charge in [0, 0.05) is 33.8 Å². The summed E-state index contributed by atoms with van der Waals surface area (Å²) in [7, 11) is 0. The van der Waals surface area contributed by atoms with Crippen LogP contribution in [0, 0.1) is 5.82 Å². The third-order valence-corrected chi connectivity index (χ3v) is 7.58. The smallest absolute Gasteiger partial charge is 0.277 e. The number of aromatic nitrogens is 3. The molecule has 2 N–H and O–H groups in total. The first-order chi connectivity index (χ1) is 17.5. The Hall–Kier alpha value is -3.59. The van der Waals surface area contributed by atoms with Gasteiger partial charge in [0.15, 0.2) is 0 Å². The van der Waals surface area contributed by atoms with Gasteiger partial charge in [0.25, 0.3) is 5.56 Å². The molecule has 0 unspecified atom stereocenters. The van der Waals surface area contributed by atoms with Gasteiger partial charge < -0.3 is 10.6 Å². The molecule has 0 aliphatic carbocycles. The fraction of sp³-hybridized carbons (Fsp3) is 0.333. The highest BCUT2D eigenvalue weighted by atomic mass is 32.1. The summed E-state index contributed by atoms with van der Waals surface area (Å²) >= 11 is 1.61. The van der Waals surface area contributed by atoms with Gasteiger partial charge in [-0.3, -0.25) is 19.1 Å². The van der Waals surface area contributed by atoms with Crippen LogP contribution in [0.4, 0.5) is 10.1 Å². The van der Waals surface area contributed by atoms with Gasteiger partial charge in [0.05, 0.1) is 18.3 Å². The number of amides is 1. The SMILES string of the molecule is CCCCc1nc2c(c(=O)n1CC(=O)NCc1cc3cnccc3s1)N[C@H](c1ccc(F)cc1)CC2. The van der Waals surface area contributed by atoms with Crippen molar-refractivity contribution in [2.75, 3.05) is 5.32 Å². The number of benzene rings is 1. The van der Waals surface area contributed by atoms with Crippen molar-refractivity contribution in [3.05, 3.63) is 86.9 Å². The van der Waals surface area contributed by atoms with Crippen LogP contribution in [-0.4, -0.2) is 20.4 Å². The largest absolute Gasteiger partial charge is 0.372 e. The fourth-order valence-electron chi connectivity index (χ4n) is 4.55. The number of hydrogen-bond donors (Lipinski definition) is 2. The number of rotatable bonds is 8. The van der Waals surface area contributed by atoms with E-state index in [-0.39, 0.29) is 29.9 Å². The number of carbonyl (C=O) groups is 1. The van der Waals surface area contributed by atoms with Crippen molar-refractivity contribution in [2.24, 2.45) is 0 Å². The zero-order valence-corrected chi connectivity index (χ0v) is 20.9. The van der Waals surface area contributed by atoms with Crippen LogP contribution in [0.3, 0.4) is 0 Å². The van der Waals surface area contributed by atoms with Gasteiger partial charge in [-0.2, -0.15) is 0 Å². The van der Waals surface area contributed by atoms with Crippen molar-refractivity contribution < 1.29 is 9.18 Å². The Morgan fingerprint density at radius 3 is 2.89 bits per heavy atom. The van der Waals surface area contributed by atoms with Crippen molar-refractivity contribution in [1.29, 1.82) is 0 Å². The molecule has 7 nitrogen and oxygen atoms in total. The second kappa shape index (κ2) is 10.6. The minimum atomic E-state index is -0.294. The van der Waals surface area contributed by atoms with Crippen LogP contribution in [0.5, 0.6) is 0 Å². The van der Waals surface area contributed by atoms with E-state index < -0.39 is 0 Å². The third-order valence-electron chi connectivity index (χ3n) is 6.47. The zero-order chi connectivity index (χ0) is 25.1. The van der Waals surface area contributed by atoms with E-state index in [2.05, 4.69) is 22.5 Å². The number of thiophene rings is 1. The van der Waals surface area contributed by atoms with Gasteiger partial charge in [0.1, 0.15) is 23.9 Å². The molecule has 0 saturated heterocycles. The lowest BCUT2D eigenvalue weighted by atomic mass is 9.96. The Labute approximate surface area is 212 Å². The molecule has 1 atom stereocenters. The topological polar surface area (TPSA) is 88.9 Å². The molecule has 0 spiro atoms. The van der Waals surface area contributed by atoms with Gasteiger partial charge in [-0.15, -0.1) is 11.3 Å². The maximum absolute atomic E-state index is 13.6. The molecule has 4 aromatic rings. The van der Waals surface area contributed by atoms with Gasteiger partial charge in [-0.05, 0) is 49.1 Å². The van der Waals surface area contributed by atoms with Gasteiger partial charge >= 0.3 is 0 Å². The highest BCUT2D eigenvalue weighted by molar-refractivity contribution is 7.19. The van der Waals surface area contributed by atoms with E-state index in [9.17, 15) is 14.0 Å². The summed E-state index contributed by atoms with van der Waals surface area (Å²) in [6.45, 7) is 2.39. The van der Waals surface area contributed by atoms with E-state index in [1.165, 1.54) is 16.7 Å². The summed E-state index contributed by atoms with van der Waals surface area (Å²) in [5.74, 6) is 0.113. The van der Waals surface area contributed by atoms with Crippen molar-refractivity contribution in [2.45, 2.75) is 58.2 Å². The highest BCUT2D eigenvalue weighted by Crippen LogP contribution is 2.30. The van der Waals surface area contributed by atoms with Gasteiger partial charge in [-0.1, -0.05) is 25.5 Å². The van der Waals surface area contributed by atoms with Crippen molar-refractivity contribution in [3.8, 4) is 0 Å². The molecule has 1 amide bonds. The standard InChI is InChI=1S/C27H28FN5O2S/c1-2-3-4-24-31-22-10-9-21(17-5-7-19(28)8-6-17)32-26(22)27(35)33(24)16-25(34)30-15-20-13-18-14-29-12-11-23(18)36-20/h5-8,11-14,21,32H,2-4,9-10,15-16H2,1H3,(H,30,34)/t21-/m0/s1. The average molecular weight is 506 g/mol. The monoisotopic (exact) mass is 505 g/mol. The number of fused-ring (bicyclic) bond motifs is 2. The number of anilines is 1. The fourth-order valence-corrected chi connectivity index (χ4v) is 5.52. The van der Waals surface area contributed by atoms with Crippen LogP contribution in [0.15, 0.2) is 53.6 Å². The Balaban J connectivity index is 1.36. The summed E-state index contributed by atoms with van der Waals surface area (Å²) < 4.78 is 16.0. The van der Waals surface area contributed by atoms with Crippen LogP contribution < -0.4 is 16.2 Å². The van der Waals surface area contributed by atoms with Crippen molar-refractivity contribution >= 4 is 33.0 Å². The number of unbranched alkanes of at least 4 members (excludes halogenated alkanes) is 1. The number of aryl methyl sites for hydroxylation is 2. The van der Waals surface area contributed by atoms with Crippen LogP contribution in [0.25, 0.3) is 10.1 Å². The minimum absolute atomic E-state index is 0.0898. The molecular formula is C27H28FN5O2S. The second-order valence-electron chi connectivity index (χ2n) is 9.03. The maximum Gasteiger partial charge on any atom is 0.277 e. The Kier molecular flexibility index (Phi) is 7.09. The lowest BCUT2D eigenvalue weighted by Crippen LogP contribution is -2.37. The summed E-state index contributed by atoms with van der Waals surface area (Å²) in [6, 6.07) is 10.2. The predicted molar refractivity (Wildman–Crippen MR) is 140 cm³/mol. The van der Waals surface area contributed by atoms with Gasteiger partial charge in [-0.25, -0.2) is 9.37 Å². The Bertz CT molecular complexity index is 1410. The summed E-state index contributed by atoms with van der Waals surface area (Å²) in [4.78, 5) is 36.4. The summed E-state index contributed by atoms with van der Waals surface area (Å²) in [6.07, 6.45) is 7.45. The molecule has 4 heterocycles. The Morgan fingerprint density at radius 1 is 1.28 bits per heavy atom. The molecule has 36 heavy (non-hydrogen) atoms. The molecule has 5 rings (SSSR count). The van der Waals surface area contributed by atoms with Crippen LogP contribution in [0.1, 0.15) is 54.2 Å². The summed E-state index contributed by atoms with van der Waals surface area (Å²) in [5, 5.41) is 7.31. The van der Waals surface area contributed by atoms with Crippen molar-refractivity contribution in [1.82, 2.24) is 19.9 Å². The number of pyridine rings is 1. The first-order valence-corrected chi connectivity index (χ1v) is 13.1. The lowest BCUT2D eigenvalue weighted by Gasteiger charge is -2.27. The van der Waals surface area contributed by atoms with Crippen LogP contribution in [0.2, 0.25) is 0 Å². The predicted octanol–water partition coefficient (Wildman–Crippen LogP) is 4.75. The van der Waals surface area contributed by atoms with E-state index in [0.717, 1.165) is 45.5 Å². The third kappa shape index (κ3) is 5.16. The lowest BCUT2D eigenvalue weighted by molar-refractivity contribution is -0.121. The molecule has 0 radical (unpaired) electrons. The van der Waals surface area contributed by atoms with Crippen LogP contribution >= 0.6 is 11.3 Å². The number of hydrogen-bond acceptors (Lipinski definition) is 6. The van der Waals surface area contributed by atoms with E-state index in [1.54, 1.807) is 29.7 Å². The molecule has 1 aliphatic rings. The molecule has 0 saturated carbocycles. The first kappa shape index (κ1) is 24.1. The number of nitrogens with one attached hydrogen (secondary N) is 2. The summed E-state index contributed by atoms with van der Waals surface area (Å²) in [5.41, 5.74) is 1.85. The molecule has 3 aromatic heterocycles. The molecule has 1 aromatic carbocycles. The van der Waals surface area contributed by atoms with Gasteiger partial charge in [0.2, 0.25) is 5.91 Å². The first-order valence-electron chi connectivity index (χ1n) is 12.3. The number of halogens is 1. The molecule has 0 fully saturated rings. The number of nitrogens with zero attached hydrogens (tertiary/aromatic N) is 3. The van der Waals surface area contributed by atoms with E-state index in [4.69, 9.17) is 4.98 Å². The zero-order valence-electron chi connectivity index (χ0n) is 20.1. The number of carbonyl (C=O) groups excluding carboxylic acids is 1. The van der Waals surface area contributed by atoms with E-state index in [0.29, 0.717) is 30.9 Å². The van der Waals surface area contributed by atoms with E-state index >= 15 is 0 Å². The maximum atomic E-state index is 13.6. The molecule has 186 valence electrons. The molecular weight excluding hydrogens is 477 g/mol. The average Bonchev–Trinajstić information content (AvgIpc) is 3.31. The highest BCUT2D eigenvalue weighted by Gasteiger charge is 2.26. The van der Waals surface area contributed by atoms with Crippen molar-refractivity contribution in [3.63, 3.8) is 0 Å². The second-order valence-corrected chi connectivity index (χ2v) is 10.2. The van der Waals surface area contributed by atoms with Crippen LogP contribution in [-0.2, 0) is 30.7 Å². The molecule has 9 heteroatoms. The van der Waals surface area contributed by atoms with E-state index in [1.807, 2.05) is 18.3 Å². The quantitative estimate of drug-likeness (QED) is 0.361. The normalized spacial score (nSPS) is 14.9. The molecule has 1 aliphatic heterocycles. The molecule has 0 bridgehead atoms. The Morgan fingerprint density at radius 2 is 2.11 bits per heavy atom. The minimum Gasteiger partial charge on any atom is -0.372 e.